The average Bonchev–Trinajstić information content (AvgIpc) is 3.21. The van der Waals surface area contributed by atoms with Crippen LogP contribution in [-0.2, 0) is 11.3 Å². The van der Waals surface area contributed by atoms with Crippen LogP contribution in [0.5, 0.6) is 11.6 Å². The number of carbonyl (C=O) groups excluding carboxylic acids is 1. The molecule has 150 valence electrons. The second-order valence-corrected chi connectivity index (χ2v) is 7.26. The van der Waals surface area contributed by atoms with Crippen LogP contribution in [0.4, 0.5) is 5.69 Å². The monoisotopic (exact) mass is 403 g/mol. The minimum atomic E-state index is -0.0419. The predicted molar refractivity (Wildman–Crippen MR) is 110 cm³/mol. The minimum Gasteiger partial charge on any atom is -0.495 e. The summed E-state index contributed by atoms with van der Waals surface area (Å²) in [4.78, 5) is 16.4. The van der Waals surface area contributed by atoms with Gasteiger partial charge < -0.3 is 20.1 Å². The van der Waals surface area contributed by atoms with Crippen molar-refractivity contribution in [3.63, 3.8) is 0 Å². The zero-order chi connectivity index (χ0) is 19.8. The molecule has 0 saturated heterocycles. The molecule has 7 heteroatoms. The van der Waals surface area contributed by atoms with E-state index < -0.39 is 0 Å². The molecule has 0 atom stereocenters. The maximum atomic E-state index is 12.1. The fourth-order valence-electron chi connectivity index (χ4n) is 3.18. The van der Waals surface area contributed by atoms with E-state index in [1.165, 1.54) is 12.8 Å². The fourth-order valence-corrected chi connectivity index (χ4v) is 3.35. The largest absolute Gasteiger partial charge is 0.495 e. The van der Waals surface area contributed by atoms with E-state index >= 15 is 0 Å². The van der Waals surface area contributed by atoms with Crippen LogP contribution in [0.1, 0.15) is 37.7 Å². The van der Waals surface area contributed by atoms with Gasteiger partial charge in [0.05, 0.1) is 12.8 Å². The molecule has 2 N–H and O–H groups in total. The van der Waals surface area contributed by atoms with Gasteiger partial charge in [0, 0.05) is 36.8 Å². The number of rotatable bonds is 9. The lowest BCUT2D eigenvalue weighted by molar-refractivity contribution is -0.121. The lowest BCUT2D eigenvalue weighted by atomic mass is 10.2. The molecule has 0 unspecified atom stereocenters. The summed E-state index contributed by atoms with van der Waals surface area (Å²) in [7, 11) is 1.60. The highest BCUT2D eigenvalue weighted by Gasteiger charge is 2.16. The number of benzene rings is 1. The summed E-state index contributed by atoms with van der Waals surface area (Å²) in [5, 5.41) is 6.69. The van der Waals surface area contributed by atoms with Crippen LogP contribution in [0, 0.1) is 0 Å². The number of carbonyl (C=O) groups is 1. The molecule has 1 aromatic heterocycles. The number of amides is 1. The third-order valence-corrected chi connectivity index (χ3v) is 4.94. The van der Waals surface area contributed by atoms with E-state index in [1.54, 1.807) is 31.5 Å². The summed E-state index contributed by atoms with van der Waals surface area (Å²) >= 11 is 6.00. The molecule has 1 aliphatic rings. The first kappa shape index (κ1) is 20.3. The third-order valence-electron chi connectivity index (χ3n) is 4.71. The van der Waals surface area contributed by atoms with Gasteiger partial charge >= 0.3 is 0 Å². The number of hydrogen-bond donors (Lipinski definition) is 2. The number of halogens is 1. The topological polar surface area (TPSA) is 72.5 Å². The molecule has 1 aliphatic carbocycles. The first-order valence-electron chi connectivity index (χ1n) is 9.60. The molecule has 6 nitrogen and oxygen atoms in total. The third kappa shape index (κ3) is 6.02. The Morgan fingerprint density at radius 2 is 2.07 bits per heavy atom. The number of pyridine rings is 1. The number of hydrogen-bond acceptors (Lipinski definition) is 5. The summed E-state index contributed by atoms with van der Waals surface area (Å²) in [6, 6.07) is 9.13. The van der Waals surface area contributed by atoms with E-state index in [2.05, 4.69) is 15.6 Å². The van der Waals surface area contributed by atoms with Crippen molar-refractivity contribution in [2.75, 3.05) is 19.0 Å². The molecule has 1 saturated carbocycles. The van der Waals surface area contributed by atoms with Gasteiger partial charge in [-0.05, 0) is 49.4 Å². The zero-order valence-electron chi connectivity index (χ0n) is 16.0. The van der Waals surface area contributed by atoms with Crippen LogP contribution in [0.3, 0.4) is 0 Å². The quantitative estimate of drug-likeness (QED) is 0.657. The first-order valence-corrected chi connectivity index (χ1v) is 9.97. The average molecular weight is 404 g/mol. The molecular weight excluding hydrogens is 378 g/mol. The highest BCUT2D eigenvalue weighted by Crippen LogP contribution is 2.27. The van der Waals surface area contributed by atoms with E-state index in [9.17, 15) is 4.79 Å². The summed E-state index contributed by atoms with van der Waals surface area (Å²) in [6.07, 6.45) is 7.06. The summed E-state index contributed by atoms with van der Waals surface area (Å²) < 4.78 is 11.1. The molecule has 3 rings (SSSR count). The van der Waals surface area contributed by atoms with E-state index in [0.29, 0.717) is 42.3 Å². The SMILES string of the molecule is COc1ccc(Cl)cc1NCCC(=O)NCc1ccc(OC2CCCC2)nc1. The van der Waals surface area contributed by atoms with E-state index in [4.69, 9.17) is 21.1 Å². The van der Waals surface area contributed by atoms with Crippen molar-refractivity contribution in [3.8, 4) is 11.6 Å². The van der Waals surface area contributed by atoms with Crippen LogP contribution in [-0.4, -0.2) is 30.6 Å². The molecule has 2 aromatic rings. The molecule has 1 fully saturated rings. The molecule has 28 heavy (non-hydrogen) atoms. The summed E-state index contributed by atoms with van der Waals surface area (Å²) in [6.45, 7) is 0.922. The number of ether oxygens (including phenoxy) is 2. The second kappa shape index (κ2) is 10.2. The van der Waals surface area contributed by atoms with Crippen molar-refractivity contribution >= 4 is 23.2 Å². The van der Waals surface area contributed by atoms with E-state index in [-0.39, 0.29) is 5.91 Å². The van der Waals surface area contributed by atoms with Crippen LogP contribution < -0.4 is 20.1 Å². The van der Waals surface area contributed by atoms with Gasteiger partial charge in [0.2, 0.25) is 11.8 Å². The maximum Gasteiger partial charge on any atom is 0.222 e. The number of methoxy groups -OCH3 is 1. The van der Waals surface area contributed by atoms with Crippen molar-refractivity contribution in [1.82, 2.24) is 10.3 Å². The number of aromatic nitrogens is 1. The van der Waals surface area contributed by atoms with Crippen LogP contribution in [0.15, 0.2) is 36.5 Å². The van der Waals surface area contributed by atoms with E-state index in [0.717, 1.165) is 24.1 Å². The van der Waals surface area contributed by atoms with Gasteiger partial charge in [0.15, 0.2) is 0 Å². The smallest absolute Gasteiger partial charge is 0.222 e. The maximum absolute atomic E-state index is 12.1. The highest BCUT2D eigenvalue weighted by atomic mass is 35.5. The van der Waals surface area contributed by atoms with Crippen molar-refractivity contribution in [3.05, 3.63) is 47.1 Å². The van der Waals surface area contributed by atoms with Gasteiger partial charge in [0.25, 0.3) is 0 Å². The molecule has 0 radical (unpaired) electrons. The molecule has 0 spiro atoms. The number of nitrogens with zero attached hydrogens (tertiary/aromatic N) is 1. The van der Waals surface area contributed by atoms with Crippen LogP contribution in [0.25, 0.3) is 0 Å². The standard InChI is InChI=1S/C21H26ClN3O3/c1-27-19-8-7-16(22)12-18(19)23-11-10-20(26)24-13-15-6-9-21(25-14-15)28-17-4-2-3-5-17/h6-9,12,14,17,23H,2-5,10-11,13H2,1H3,(H,24,26). The zero-order valence-corrected chi connectivity index (χ0v) is 16.8. The van der Waals surface area contributed by atoms with Gasteiger partial charge in [-0.2, -0.15) is 0 Å². The van der Waals surface area contributed by atoms with Crippen molar-refractivity contribution in [2.24, 2.45) is 0 Å². The number of anilines is 1. The Kier molecular flexibility index (Phi) is 7.37. The highest BCUT2D eigenvalue weighted by molar-refractivity contribution is 6.30. The van der Waals surface area contributed by atoms with Gasteiger partial charge in [-0.3, -0.25) is 4.79 Å². The molecular formula is C21H26ClN3O3. The van der Waals surface area contributed by atoms with Crippen molar-refractivity contribution in [2.45, 2.75) is 44.8 Å². The first-order chi connectivity index (χ1) is 13.6. The van der Waals surface area contributed by atoms with E-state index in [1.807, 2.05) is 12.1 Å². The Balaban J connectivity index is 1.39. The van der Waals surface area contributed by atoms with Gasteiger partial charge in [-0.25, -0.2) is 4.98 Å². The minimum absolute atomic E-state index is 0.0419. The molecule has 0 aliphatic heterocycles. The molecule has 1 aromatic carbocycles. The normalized spacial score (nSPS) is 13.9. The lowest BCUT2D eigenvalue weighted by Crippen LogP contribution is -2.25. The van der Waals surface area contributed by atoms with Gasteiger partial charge in [-0.1, -0.05) is 17.7 Å². The van der Waals surface area contributed by atoms with Gasteiger partial charge in [0.1, 0.15) is 11.9 Å². The van der Waals surface area contributed by atoms with Crippen molar-refractivity contribution < 1.29 is 14.3 Å². The summed E-state index contributed by atoms with van der Waals surface area (Å²) in [5.74, 6) is 1.30. The predicted octanol–water partition coefficient (Wildman–Crippen LogP) is 4.18. The van der Waals surface area contributed by atoms with Gasteiger partial charge in [-0.15, -0.1) is 0 Å². The van der Waals surface area contributed by atoms with Crippen LogP contribution in [0.2, 0.25) is 5.02 Å². The Morgan fingerprint density at radius 3 is 2.79 bits per heavy atom. The fraction of sp³-hybridized carbons (Fsp3) is 0.429. The number of nitrogens with one attached hydrogen (secondary N) is 2. The molecule has 1 heterocycles. The van der Waals surface area contributed by atoms with Crippen LogP contribution >= 0.6 is 11.6 Å². The Bertz CT molecular complexity index is 777. The summed E-state index contributed by atoms with van der Waals surface area (Å²) in [5.41, 5.74) is 1.71. The lowest BCUT2D eigenvalue weighted by Gasteiger charge is -2.13. The van der Waals surface area contributed by atoms with Crippen molar-refractivity contribution in [1.29, 1.82) is 0 Å². The Hall–Kier alpha value is -2.47. The molecule has 0 bridgehead atoms. The Labute approximate surface area is 170 Å². The molecule has 1 amide bonds. The Morgan fingerprint density at radius 1 is 1.25 bits per heavy atom. The second-order valence-electron chi connectivity index (χ2n) is 6.83.